The number of hydrogen-bond acceptors (Lipinski definition) is 3. The highest BCUT2D eigenvalue weighted by Crippen LogP contribution is 2.10. The Morgan fingerprint density at radius 1 is 1.32 bits per heavy atom. The quantitative estimate of drug-likeness (QED) is 0.794. The molecule has 4 nitrogen and oxygen atoms in total. The van der Waals surface area contributed by atoms with Crippen LogP contribution in [0.4, 0.5) is 0 Å². The summed E-state index contributed by atoms with van der Waals surface area (Å²) in [6, 6.07) is 4.08. The molecule has 19 heavy (non-hydrogen) atoms. The molecule has 0 aliphatic heterocycles. The molecule has 0 aliphatic rings. The van der Waals surface area contributed by atoms with E-state index in [1.165, 1.54) is 0 Å². The summed E-state index contributed by atoms with van der Waals surface area (Å²) in [4.78, 5) is 16.1. The van der Waals surface area contributed by atoms with Crippen molar-refractivity contribution in [2.75, 3.05) is 0 Å². The molecule has 4 heteroatoms. The van der Waals surface area contributed by atoms with E-state index < -0.39 is 0 Å². The van der Waals surface area contributed by atoms with Gasteiger partial charge in [0.15, 0.2) is 0 Å². The highest BCUT2D eigenvalue weighted by Gasteiger charge is 2.18. The fourth-order valence-electron chi connectivity index (χ4n) is 2.00. The lowest BCUT2D eigenvalue weighted by atomic mass is 10.1. The fourth-order valence-corrected chi connectivity index (χ4v) is 2.00. The van der Waals surface area contributed by atoms with Gasteiger partial charge in [-0.25, -0.2) is 0 Å². The summed E-state index contributed by atoms with van der Waals surface area (Å²) >= 11 is 0. The number of amides is 1. The van der Waals surface area contributed by atoms with E-state index in [1.807, 2.05) is 32.2 Å². The van der Waals surface area contributed by atoms with Crippen LogP contribution < -0.4 is 10.6 Å². The molecule has 0 fully saturated rings. The molecule has 1 aromatic heterocycles. The molecule has 2 N–H and O–H groups in total. The van der Waals surface area contributed by atoms with Gasteiger partial charge in [-0.1, -0.05) is 19.9 Å². The molecule has 0 aromatic carbocycles. The van der Waals surface area contributed by atoms with Crippen molar-refractivity contribution in [3.63, 3.8) is 0 Å². The van der Waals surface area contributed by atoms with E-state index in [2.05, 4.69) is 29.5 Å². The SMILES string of the molecule is CCC(CC)NC(=O)C(C)NC(C)c1cccnc1. The predicted molar refractivity (Wildman–Crippen MR) is 77.8 cm³/mol. The lowest BCUT2D eigenvalue weighted by Crippen LogP contribution is -2.46. The first-order valence-corrected chi connectivity index (χ1v) is 7.04. The number of pyridine rings is 1. The number of aromatic nitrogens is 1. The average molecular weight is 263 g/mol. The van der Waals surface area contributed by atoms with Crippen LogP contribution in [0.15, 0.2) is 24.5 Å². The smallest absolute Gasteiger partial charge is 0.237 e. The van der Waals surface area contributed by atoms with Crippen molar-refractivity contribution in [3.05, 3.63) is 30.1 Å². The van der Waals surface area contributed by atoms with Crippen LogP contribution in [0, 0.1) is 0 Å². The van der Waals surface area contributed by atoms with Crippen molar-refractivity contribution < 1.29 is 4.79 Å². The van der Waals surface area contributed by atoms with E-state index >= 15 is 0 Å². The monoisotopic (exact) mass is 263 g/mol. The summed E-state index contributed by atoms with van der Waals surface area (Å²) in [5, 5.41) is 6.35. The van der Waals surface area contributed by atoms with Gasteiger partial charge >= 0.3 is 0 Å². The van der Waals surface area contributed by atoms with E-state index in [1.54, 1.807) is 6.20 Å². The maximum Gasteiger partial charge on any atom is 0.237 e. The van der Waals surface area contributed by atoms with Crippen LogP contribution in [0.3, 0.4) is 0 Å². The van der Waals surface area contributed by atoms with E-state index in [0.717, 1.165) is 18.4 Å². The van der Waals surface area contributed by atoms with Crippen LogP contribution in [0.5, 0.6) is 0 Å². The van der Waals surface area contributed by atoms with Gasteiger partial charge in [-0.2, -0.15) is 0 Å². The zero-order chi connectivity index (χ0) is 14.3. The molecule has 0 aliphatic carbocycles. The van der Waals surface area contributed by atoms with Crippen LogP contribution in [0.1, 0.15) is 52.1 Å². The molecular weight excluding hydrogens is 238 g/mol. The zero-order valence-corrected chi connectivity index (χ0v) is 12.3. The second-order valence-corrected chi connectivity index (χ2v) is 4.92. The molecule has 1 rings (SSSR count). The summed E-state index contributed by atoms with van der Waals surface area (Å²) in [6.07, 6.45) is 5.50. The second-order valence-electron chi connectivity index (χ2n) is 4.92. The molecule has 0 spiro atoms. The van der Waals surface area contributed by atoms with Crippen molar-refractivity contribution in [1.29, 1.82) is 0 Å². The number of carbonyl (C=O) groups excluding carboxylic acids is 1. The molecule has 1 aromatic rings. The van der Waals surface area contributed by atoms with Gasteiger partial charge in [0, 0.05) is 24.5 Å². The van der Waals surface area contributed by atoms with Crippen LogP contribution in [-0.4, -0.2) is 23.0 Å². The normalized spacial score (nSPS) is 14.2. The molecule has 1 amide bonds. The standard InChI is InChI=1S/C15H25N3O/c1-5-14(6-2)18-15(19)12(4)17-11(3)13-8-7-9-16-10-13/h7-12,14,17H,5-6H2,1-4H3,(H,18,19). The van der Waals surface area contributed by atoms with Crippen LogP contribution in [0.25, 0.3) is 0 Å². The van der Waals surface area contributed by atoms with Gasteiger partial charge in [0.25, 0.3) is 0 Å². The lowest BCUT2D eigenvalue weighted by molar-refractivity contribution is -0.123. The summed E-state index contributed by atoms with van der Waals surface area (Å²) < 4.78 is 0. The maximum absolute atomic E-state index is 12.0. The Morgan fingerprint density at radius 3 is 2.53 bits per heavy atom. The van der Waals surface area contributed by atoms with Crippen LogP contribution in [0.2, 0.25) is 0 Å². The van der Waals surface area contributed by atoms with Gasteiger partial charge in [-0.3, -0.25) is 15.1 Å². The molecule has 2 unspecified atom stereocenters. The first-order chi connectivity index (χ1) is 9.08. The van der Waals surface area contributed by atoms with E-state index in [4.69, 9.17) is 0 Å². The summed E-state index contributed by atoms with van der Waals surface area (Å²) in [5.74, 6) is 0.0597. The summed E-state index contributed by atoms with van der Waals surface area (Å²) in [7, 11) is 0. The topological polar surface area (TPSA) is 54.0 Å². The Balaban J connectivity index is 2.50. The minimum absolute atomic E-state index is 0.0597. The number of carbonyl (C=O) groups is 1. The maximum atomic E-state index is 12.0. The van der Waals surface area contributed by atoms with E-state index in [0.29, 0.717) is 0 Å². The minimum atomic E-state index is -0.212. The Morgan fingerprint density at radius 2 is 2.00 bits per heavy atom. The van der Waals surface area contributed by atoms with Crippen LogP contribution in [-0.2, 0) is 4.79 Å². The molecule has 0 radical (unpaired) electrons. The van der Waals surface area contributed by atoms with Gasteiger partial charge in [0.05, 0.1) is 6.04 Å². The largest absolute Gasteiger partial charge is 0.352 e. The van der Waals surface area contributed by atoms with Crippen molar-refractivity contribution in [2.45, 2.75) is 58.7 Å². The molecular formula is C15H25N3O. The lowest BCUT2D eigenvalue weighted by Gasteiger charge is -2.22. The fraction of sp³-hybridized carbons (Fsp3) is 0.600. The molecule has 0 saturated heterocycles. The number of hydrogen-bond donors (Lipinski definition) is 2. The molecule has 0 bridgehead atoms. The third-order valence-electron chi connectivity index (χ3n) is 3.41. The van der Waals surface area contributed by atoms with Gasteiger partial charge in [0.1, 0.15) is 0 Å². The third kappa shape index (κ3) is 4.99. The van der Waals surface area contributed by atoms with E-state index in [-0.39, 0.29) is 24.0 Å². The Kier molecular flexibility index (Phi) is 6.50. The Bertz CT molecular complexity index is 376. The first kappa shape index (κ1) is 15.6. The zero-order valence-electron chi connectivity index (χ0n) is 12.3. The van der Waals surface area contributed by atoms with Gasteiger partial charge in [0.2, 0.25) is 5.91 Å². The minimum Gasteiger partial charge on any atom is -0.352 e. The first-order valence-electron chi connectivity index (χ1n) is 7.04. The number of nitrogens with one attached hydrogen (secondary N) is 2. The van der Waals surface area contributed by atoms with Gasteiger partial charge in [-0.15, -0.1) is 0 Å². The highest BCUT2D eigenvalue weighted by atomic mass is 16.2. The average Bonchev–Trinajstić information content (AvgIpc) is 2.45. The molecule has 0 saturated carbocycles. The second kappa shape index (κ2) is 7.89. The summed E-state index contributed by atoms with van der Waals surface area (Å²) in [6.45, 7) is 8.11. The van der Waals surface area contributed by atoms with Crippen LogP contribution >= 0.6 is 0 Å². The molecule has 1 heterocycles. The Labute approximate surface area is 116 Å². The van der Waals surface area contributed by atoms with E-state index in [9.17, 15) is 4.79 Å². The number of nitrogens with zero attached hydrogens (tertiary/aromatic N) is 1. The Hall–Kier alpha value is -1.42. The molecule has 2 atom stereocenters. The molecule has 106 valence electrons. The highest BCUT2D eigenvalue weighted by molar-refractivity contribution is 5.81. The van der Waals surface area contributed by atoms with Gasteiger partial charge in [-0.05, 0) is 38.3 Å². The van der Waals surface area contributed by atoms with Crippen molar-refractivity contribution in [1.82, 2.24) is 15.6 Å². The van der Waals surface area contributed by atoms with Crippen molar-refractivity contribution >= 4 is 5.91 Å². The third-order valence-corrected chi connectivity index (χ3v) is 3.41. The van der Waals surface area contributed by atoms with Crippen molar-refractivity contribution in [2.24, 2.45) is 0 Å². The summed E-state index contributed by atoms with van der Waals surface area (Å²) in [5.41, 5.74) is 1.09. The van der Waals surface area contributed by atoms with Crippen molar-refractivity contribution in [3.8, 4) is 0 Å². The van der Waals surface area contributed by atoms with Gasteiger partial charge < -0.3 is 5.32 Å². The number of rotatable bonds is 7. The predicted octanol–water partition coefficient (Wildman–Crippen LogP) is 2.43.